The zero-order valence-corrected chi connectivity index (χ0v) is 15.7. The minimum absolute atomic E-state index is 0.0870. The summed E-state index contributed by atoms with van der Waals surface area (Å²) >= 11 is 0. The SMILES string of the molecule is COc1ccc(N2C[C@@H](NC(=O)NCc3ccc(F)cc3)CC2=O)cc1OC. The van der Waals surface area contributed by atoms with Crippen molar-refractivity contribution in [2.75, 3.05) is 25.7 Å². The molecule has 1 aliphatic heterocycles. The van der Waals surface area contributed by atoms with Crippen molar-refractivity contribution in [2.45, 2.75) is 19.0 Å². The molecular formula is C20H22FN3O4. The molecular weight excluding hydrogens is 365 g/mol. The van der Waals surface area contributed by atoms with E-state index in [0.717, 1.165) is 5.56 Å². The summed E-state index contributed by atoms with van der Waals surface area (Å²) < 4.78 is 23.4. The summed E-state index contributed by atoms with van der Waals surface area (Å²) in [5, 5.41) is 5.51. The normalized spacial score (nSPS) is 16.0. The van der Waals surface area contributed by atoms with Gasteiger partial charge >= 0.3 is 6.03 Å². The van der Waals surface area contributed by atoms with E-state index in [2.05, 4.69) is 10.6 Å². The largest absolute Gasteiger partial charge is 0.493 e. The molecule has 1 heterocycles. The molecule has 2 aromatic carbocycles. The summed E-state index contributed by atoms with van der Waals surface area (Å²) in [5.74, 6) is 0.693. The monoisotopic (exact) mass is 387 g/mol. The molecule has 1 atom stereocenters. The van der Waals surface area contributed by atoms with E-state index in [1.165, 1.54) is 19.2 Å². The third kappa shape index (κ3) is 4.51. The van der Waals surface area contributed by atoms with E-state index in [9.17, 15) is 14.0 Å². The molecule has 8 heteroatoms. The molecule has 0 radical (unpaired) electrons. The fourth-order valence-corrected chi connectivity index (χ4v) is 3.07. The number of amides is 3. The first-order chi connectivity index (χ1) is 13.5. The van der Waals surface area contributed by atoms with Gasteiger partial charge in [-0.05, 0) is 29.8 Å². The molecule has 2 N–H and O–H groups in total. The highest BCUT2D eigenvalue weighted by atomic mass is 19.1. The first-order valence-electron chi connectivity index (χ1n) is 8.81. The minimum Gasteiger partial charge on any atom is -0.493 e. The van der Waals surface area contributed by atoms with Gasteiger partial charge in [-0.15, -0.1) is 0 Å². The van der Waals surface area contributed by atoms with Crippen LogP contribution in [0.4, 0.5) is 14.9 Å². The van der Waals surface area contributed by atoms with Crippen LogP contribution in [0.5, 0.6) is 11.5 Å². The smallest absolute Gasteiger partial charge is 0.315 e. The number of urea groups is 1. The van der Waals surface area contributed by atoms with Gasteiger partial charge in [0.15, 0.2) is 11.5 Å². The number of halogens is 1. The van der Waals surface area contributed by atoms with Crippen LogP contribution >= 0.6 is 0 Å². The Morgan fingerprint density at radius 3 is 2.54 bits per heavy atom. The maximum Gasteiger partial charge on any atom is 0.315 e. The van der Waals surface area contributed by atoms with Crippen molar-refractivity contribution in [2.24, 2.45) is 0 Å². The zero-order valence-electron chi connectivity index (χ0n) is 15.7. The summed E-state index contributed by atoms with van der Waals surface area (Å²) in [4.78, 5) is 26.1. The van der Waals surface area contributed by atoms with Gasteiger partial charge in [0.25, 0.3) is 0 Å². The number of carbonyl (C=O) groups excluding carboxylic acids is 2. The number of ether oxygens (including phenoxy) is 2. The van der Waals surface area contributed by atoms with Crippen LogP contribution in [0.25, 0.3) is 0 Å². The van der Waals surface area contributed by atoms with Crippen LogP contribution in [0.3, 0.4) is 0 Å². The van der Waals surface area contributed by atoms with Gasteiger partial charge < -0.3 is 25.0 Å². The molecule has 28 heavy (non-hydrogen) atoms. The van der Waals surface area contributed by atoms with Crippen LogP contribution in [0, 0.1) is 5.82 Å². The summed E-state index contributed by atoms with van der Waals surface area (Å²) in [6, 6.07) is 10.4. The summed E-state index contributed by atoms with van der Waals surface area (Å²) in [5.41, 5.74) is 1.46. The molecule has 1 aliphatic rings. The van der Waals surface area contributed by atoms with Gasteiger partial charge in [0, 0.05) is 31.3 Å². The molecule has 1 fully saturated rings. The fourth-order valence-electron chi connectivity index (χ4n) is 3.07. The quantitative estimate of drug-likeness (QED) is 0.798. The predicted molar refractivity (Wildman–Crippen MR) is 102 cm³/mol. The van der Waals surface area contributed by atoms with Crippen LogP contribution in [0.2, 0.25) is 0 Å². The molecule has 0 unspecified atom stereocenters. The Morgan fingerprint density at radius 1 is 1.14 bits per heavy atom. The van der Waals surface area contributed by atoms with Crippen molar-refractivity contribution in [3.05, 3.63) is 53.8 Å². The standard InChI is InChI=1S/C20H22FN3O4/c1-27-17-8-7-16(10-18(17)28-2)24-12-15(9-19(24)25)23-20(26)22-11-13-3-5-14(21)6-4-13/h3-8,10,15H,9,11-12H2,1-2H3,(H2,22,23,26)/t15-/m0/s1. The number of hydrogen-bond acceptors (Lipinski definition) is 4. The topological polar surface area (TPSA) is 79.9 Å². The van der Waals surface area contributed by atoms with Gasteiger partial charge in [0.1, 0.15) is 5.82 Å². The molecule has 2 aromatic rings. The Balaban J connectivity index is 1.56. The van der Waals surface area contributed by atoms with Crippen LogP contribution in [-0.2, 0) is 11.3 Å². The highest BCUT2D eigenvalue weighted by Crippen LogP contribution is 2.33. The molecule has 3 rings (SSSR count). The molecule has 0 bridgehead atoms. The molecule has 1 saturated heterocycles. The zero-order chi connectivity index (χ0) is 20.1. The number of nitrogens with one attached hydrogen (secondary N) is 2. The first kappa shape index (κ1) is 19.5. The average molecular weight is 387 g/mol. The second-order valence-electron chi connectivity index (χ2n) is 6.40. The molecule has 7 nitrogen and oxygen atoms in total. The number of rotatable bonds is 6. The highest BCUT2D eigenvalue weighted by Gasteiger charge is 2.32. The van der Waals surface area contributed by atoms with Gasteiger partial charge in [-0.25, -0.2) is 9.18 Å². The van der Waals surface area contributed by atoms with Crippen LogP contribution in [-0.4, -0.2) is 38.7 Å². The van der Waals surface area contributed by atoms with Crippen molar-refractivity contribution in [3.63, 3.8) is 0 Å². The molecule has 3 amide bonds. The number of anilines is 1. The van der Waals surface area contributed by atoms with Gasteiger partial charge in [-0.2, -0.15) is 0 Å². The third-order valence-corrected chi connectivity index (χ3v) is 4.51. The minimum atomic E-state index is -0.378. The Hall–Kier alpha value is -3.29. The molecule has 148 valence electrons. The Kier molecular flexibility index (Phi) is 5.98. The second kappa shape index (κ2) is 8.60. The van der Waals surface area contributed by atoms with Crippen molar-refractivity contribution < 1.29 is 23.5 Å². The average Bonchev–Trinajstić information content (AvgIpc) is 3.06. The van der Waals surface area contributed by atoms with E-state index in [4.69, 9.17) is 9.47 Å². The van der Waals surface area contributed by atoms with E-state index >= 15 is 0 Å². The van der Waals surface area contributed by atoms with Gasteiger partial charge in [-0.3, -0.25) is 4.79 Å². The Morgan fingerprint density at radius 2 is 1.86 bits per heavy atom. The lowest BCUT2D eigenvalue weighted by Crippen LogP contribution is -2.43. The number of nitrogens with zero attached hydrogens (tertiary/aromatic N) is 1. The molecule has 0 aromatic heterocycles. The number of hydrogen-bond donors (Lipinski definition) is 2. The Labute approximate surface area is 162 Å². The Bertz CT molecular complexity index is 857. The van der Waals surface area contributed by atoms with E-state index in [1.807, 2.05) is 0 Å². The van der Waals surface area contributed by atoms with Crippen molar-refractivity contribution >= 4 is 17.6 Å². The van der Waals surface area contributed by atoms with Crippen LogP contribution < -0.4 is 25.0 Å². The number of carbonyl (C=O) groups is 2. The van der Waals surface area contributed by atoms with Gasteiger partial charge in [0.2, 0.25) is 5.91 Å². The van der Waals surface area contributed by atoms with E-state index in [0.29, 0.717) is 23.7 Å². The highest BCUT2D eigenvalue weighted by molar-refractivity contribution is 5.97. The second-order valence-corrected chi connectivity index (χ2v) is 6.40. The van der Waals surface area contributed by atoms with E-state index in [1.54, 1.807) is 42.3 Å². The summed E-state index contributed by atoms with van der Waals surface area (Å²) in [7, 11) is 3.08. The molecule has 0 spiro atoms. The lowest BCUT2D eigenvalue weighted by molar-refractivity contribution is -0.117. The van der Waals surface area contributed by atoms with Crippen molar-refractivity contribution in [1.29, 1.82) is 0 Å². The summed E-state index contributed by atoms with van der Waals surface area (Å²) in [6.45, 7) is 0.629. The van der Waals surface area contributed by atoms with Gasteiger partial charge in [0.05, 0.1) is 20.3 Å². The van der Waals surface area contributed by atoms with Crippen LogP contribution in [0.1, 0.15) is 12.0 Å². The van der Waals surface area contributed by atoms with Crippen molar-refractivity contribution in [3.8, 4) is 11.5 Å². The van der Waals surface area contributed by atoms with Crippen molar-refractivity contribution in [1.82, 2.24) is 10.6 Å². The predicted octanol–water partition coefficient (Wildman–Crippen LogP) is 2.45. The maximum absolute atomic E-state index is 12.9. The number of benzene rings is 2. The van der Waals surface area contributed by atoms with E-state index in [-0.39, 0.29) is 36.8 Å². The first-order valence-corrected chi connectivity index (χ1v) is 8.81. The van der Waals surface area contributed by atoms with Gasteiger partial charge in [-0.1, -0.05) is 12.1 Å². The molecule has 0 aliphatic carbocycles. The summed E-state index contributed by atoms with van der Waals surface area (Å²) in [6.07, 6.45) is 0.207. The number of methoxy groups -OCH3 is 2. The fraction of sp³-hybridized carbons (Fsp3) is 0.300. The van der Waals surface area contributed by atoms with E-state index < -0.39 is 0 Å². The lowest BCUT2D eigenvalue weighted by atomic mass is 10.2. The third-order valence-electron chi connectivity index (χ3n) is 4.51. The molecule has 0 saturated carbocycles. The van der Waals surface area contributed by atoms with Crippen LogP contribution in [0.15, 0.2) is 42.5 Å². The maximum atomic E-state index is 12.9. The lowest BCUT2D eigenvalue weighted by Gasteiger charge is -2.19.